The van der Waals surface area contributed by atoms with E-state index in [1.165, 1.54) is 0 Å². The van der Waals surface area contributed by atoms with Gasteiger partial charge in [0.2, 0.25) is 0 Å². The summed E-state index contributed by atoms with van der Waals surface area (Å²) in [6, 6.07) is 5.59. The van der Waals surface area contributed by atoms with Gasteiger partial charge in [-0.1, -0.05) is 6.07 Å². The Bertz CT molecular complexity index is 495. The first-order valence-electron chi connectivity index (χ1n) is 6.33. The van der Waals surface area contributed by atoms with Gasteiger partial charge < -0.3 is 10.7 Å². The molecule has 0 bridgehead atoms. The number of nitrogens with one attached hydrogen (secondary N) is 2. The summed E-state index contributed by atoms with van der Waals surface area (Å²) in [6.07, 6.45) is 1.55. The molecular formula is C13H19N3O2S. The summed E-state index contributed by atoms with van der Waals surface area (Å²) in [5.74, 6) is 6.64. The first-order chi connectivity index (χ1) is 9.10. The Kier molecular flexibility index (Phi) is 4.55. The van der Waals surface area contributed by atoms with Crippen LogP contribution in [0.15, 0.2) is 18.2 Å². The highest BCUT2D eigenvalue weighted by molar-refractivity contribution is 7.85. The monoisotopic (exact) mass is 281 g/mol. The topological polar surface area (TPSA) is 84.2 Å². The molecule has 19 heavy (non-hydrogen) atoms. The Hall–Kier alpha value is -1.40. The Labute approximate surface area is 115 Å². The summed E-state index contributed by atoms with van der Waals surface area (Å²) < 4.78 is 11.3. The summed E-state index contributed by atoms with van der Waals surface area (Å²) >= 11 is 0. The minimum atomic E-state index is -0.713. The molecule has 0 saturated carbocycles. The van der Waals surface area contributed by atoms with E-state index < -0.39 is 10.8 Å². The first-order valence-corrected chi connectivity index (χ1v) is 7.82. The normalized spacial score (nSPS) is 22.8. The number of hydrogen-bond donors (Lipinski definition) is 3. The molecule has 1 aromatic carbocycles. The quantitative estimate of drug-likeness (QED) is 0.568. The molecule has 0 radical (unpaired) electrons. The molecule has 1 amide bonds. The number of nitrogen functional groups attached to an aromatic ring is 1. The second kappa shape index (κ2) is 6.16. The lowest BCUT2D eigenvalue weighted by molar-refractivity contribution is 0.0935. The van der Waals surface area contributed by atoms with E-state index in [4.69, 9.17) is 5.84 Å². The van der Waals surface area contributed by atoms with Gasteiger partial charge in [-0.2, -0.15) is 0 Å². The molecule has 0 aromatic heterocycles. The van der Waals surface area contributed by atoms with Gasteiger partial charge in [0.1, 0.15) is 0 Å². The van der Waals surface area contributed by atoms with Crippen molar-refractivity contribution >= 4 is 22.4 Å². The standard InChI is InChI=1S/C13H19N3O2S/c1-9-2-3-11(12(8-9)16-14)13(17)15-10-4-6-19(18)7-5-10/h2-3,8,10,16H,4-7,14H2,1H3,(H,15,17). The Morgan fingerprint density at radius 1 is 1.37 bits per heavy atom. The van der Waals surface area contributed by atoms with Crippen molar-refractivity contribution in [3.63, 3.8) is 0 Å². The number of rotatable bonds is 3. The van der Waals surface area contributed by atoms with E-state index in [1.807, 2.05) is 19.1 Å². The van der Waals surface area contributed by atoms with Crippen molar-refractivity contribution in [2.45, 2.75) is 25.8 Å². The minimum Gasteiger partial charge on any atom is -0.349 e. The van der Waals surface area contributed by atoms with E-state index >= 15 is 0 Å². The summed E-state index contributed by atoms with van der Waals surface area (Å²) in [6.45, 7) is 1.94. The third kappa shape index (κ3) is 3.54. The van der Waals surface area contributed by atoms with Crippen molar-refractivity contribution < 1.29 is 9.00 Å². The lowest BCUT2D eigenvalue weighted by Crippen LogP contribution is -2.39. The number of nitrogens with two attached hydrogens (primary N) is 1. The number of anilines is 1. The maximum absolute atomic E-state index is 12.2. The molecule has 0 aliphatic carbocycles. The van der Waals surface area contributed by atoms with E-state index in [0.29, 0.717) is 22.8 Å². The number of benzene rings is 1. The largest absolute Gasteiger partial charge is 0.349 e. The summed E-state index contributed by atoms with van der Waals surface area (Å²) in [5.41, 5.74) is 4.76. The number of carbonyl (C=O) groups excluding carboxylic acids is 1. The molecule has 6 heteroatoms. The fourth-order valence-electron chi connectivity index (χ4n) is 2.18. The average molecular weight is 281 g/mol. The molecule has 2 rings (SSSR count). The van der Waals surface area contributed by atoms with Crippen LogP contribution >= 0.6 is 0 Å². The van der Waals surface area contributed by atoms with Gasteiger partial charge in [-0.25, -0.2) is 0 Å². The van der Waals surface area contributed by atoms with Gasteiger partial charge in [0.15, 0.2) is 0 Å². The highest BCUT2D eigenvalue weighted by atomic mass is 32.2. The van der Waals surface area contributed by atoms with E-state index in [9.17, 15) is 9.00 Å². The van der Waals surface area contributed by atoms with Crippen LogP contribution < -0.4 is 16.6 Å². The van der Waals surface area contributed by atoms with Gasteiger partial charge >= 0.3 is 0 Å². The minimum absolute atomic E-state index is 0.108. The van der Waals surface area contributed by atoms with Gasteiger partial charge in [0, 0.05) is 28.3 Å². The molecule has 1 aliphatic heterocycles. The van der Waals surface area contributed by atoms with E-state index in [2.05, 4.69) is 10.7 Å². The lowest BCUT2D eigenvalue weighted by atomic mass is 10.1. The Morgan fingerprint density at radius 2 is 2.05 bits per heavy atom. The molecule has 104 valence electrons. The van der Waals surface area contributed by atoms with Gasteiger partial charge in [-0.05, 0) is 37.5 Å². The number of carbonyl (C=O) groups is 1. The SMILES string of the molecule is Cc1ccc(C(=O)NC2CCS(=O)CC2)c(NN)c1. The van der Waals surface area contributed by atoms with Crippen molar-refractivity contribution in [1.82, 2.24) is 5.32 Å². The van der Waals surface area contributed by atoms with Crippen LogP contribution in [0.25, 0.3) is 0 Å². The number of hydrazine groups is 1. The number of aryl methyl sites for hydroxylation is 1. The maximum atomic E-state index is 12.2. The maximum Gasteiger partial charge on any atom is 0.253 e. The zero-order chi connectivity index (χ0) is 13.8. The zero-order valence-corrected chi connectivity index (χ0v) is 11.8. The van der Waals surface area contributed by atoms with E-state index in [1.54, 1.807) is 6.07 Å². The predicted molar refractivity (Wildman–Crippen MR) is 77.4 cm³/mol. The third-order valence-corrected chi connectivity index (χ3v) is 4.68. The van der Waals surface area contributed by atoms with E-state index in [-0.39, 0.29) is 11.9 Å². The number of hydrogen-bond acceptors (Lipinski definition) is 4. The molecule has 5 nitrogen and oxygen atoms in total. The molecule has 1 saturated heterocycles. The van der Waals surface area contributed by atoms with Gasteiger partial charge in [-0.15, -0.1) is 0 Å². The Morgan fingerprint density at radius 3 is 2.68 bits per heavy atom. The van der Waals surface area contributed by atoms with Crippen LogP contribution in [0.2, 0.25) is 0 Å². The fraction of sp³-hybridized carbons (Fsp3) is 0.462. The molecule has 0 spiro atoms. The van der Waals surface area contributed by atoms with Gasteiger partial charge in [0.25, 0.3) is 5.91 Å². The molecule has 0 atom stereocenters. The molecule has 1 heterocycles. The first kappa shape index (κ1) is 14.0. The molecule has 1 aromatic rings. The smallest absolute Gasteiger partial charge is 0.253 e. The second-order valence-corrected chi connectivity index (χ2v) is 6.49. The van der Waals surface area contributed by atoms with Crippen molar-refractivity contribution in [2.24, 2.45) is 5.84 Å². The molecule has 4 N–H and O–H groups in total. The van der Waals surface area contributed by atoms with Gasteiger partial charge in [-0.3, -0.25) is 14.8 Å². The number of amides is 1. The molecular weight excluding hydrogens is 262 g/mol. The summed E-state index contributed by atoms with van der Waals surface area (Å²) in [4.78, 5) is 12.2. The molecule has 0 unspecified atom stereocenters. The Balaban J connectivity index is 2.05. The van der Waals surface area contributed by atoms with Crippen molar-refractivity contribution in [1.29, 1.82) is 0 Å². The van der Waals surface area contributed by atoms with Crippen LogP contribution in [-0.4, -0.2) is 27.7 Å². The average Bonchev–Trinajstić information content (AvgIpc) is 2.41. The van der Waals surface area contributed by atoms with Crippen LogP contribution in [0, 0.1) is 6.92 Å². The summed E-state index contributed by atoms with van der Waals surface area (Å²) in [5, 5.41) is 2.98. The highest BCUT2D eigenvalue weighted by Crippen LogP contribution is 2.17. The third-order valence-electron chi connectivity index (χ3n) is 3.30. The van der Waals surface area contributed by atoms with Crippen LogP contribution in [0.3, 0.4) is 0 Å². The molecule has 1 fully saturated rings. The molecule has 1 aliphatic rings. The van der Waals surface area contributed by atoms with Crippen LogP contribution in [0.5, 0.6) is 0 Å². The van der Waals surface area contributed by atoms with Gasteiger partial charge in [0.05, 0.1) is 11.3 Å². The van der Waals surface area contributed by atoms with Crippen LogP contribution in [-0.2, 0) is 10.8 Å². The summed E-state index contributed by atoms with van der Waals surface area (Å²) in [7, 11) is -0.713. The van der Waals surface area contributed by atoms with Crippen molar-refractivity contribution in [3.05, 3.63) is 29.3 Å². The van der Waals surface area contributed by atoms with Crippen molar-refractivity contribution in [3.8, 4) is 0 Å². The predicted octanol–water partition coefficient (Wildman–Crippen LogP) is 0.922. The fourth-order valence-corrected chi connectivity index (χ4v) is 3.48. The highest BCUT2D eigenvalue weighted by Gasteiger charge is 2.21. The van der Waals surface area contributed by atoms with Crippen LogP contribution in [0.4, 0.5) is 5.69 Å². The second-order valence-electron chi connectivity index (χ2n) is 4.79. The van der Waals surface area contributed by atoms with Crippen LogP contribution in [0.1, 0.15) is 28.8 Å². The zero-order valence-electron chi connectivity index (χ0n) is 10.9. The van der Waals surface area contributed by atoms with Crippen molar-refractivity contribution in [2.75, 3.05) is 16.9 Å². The lowest BCUT2D eigenvalue weighted by Gasteiger charge is -2.23. The van der Waals surface area contributed by atoms with E-state index in [0.717, 1.165) is 18.4 Å².